The van der Waals surface area contributed by atoms with Crippen LogP contribution in [0.4, 0.5) is 0 Å². The number of rotatable bonds is 4. The summed E-state index contributed by atoms with van der Waals surface area (Å²) in [6, 6.07) is 7.83. The highest BCUT2D eigenvalue weighted by atomic mass is 16.5. The summed E-state index contributed by atoms with van der Waals surface area (Å²) in [5, 5.41) is 0. The average molecular weight is 339 g/mol. The number of hydrogen-bond acceptors (Lipinski definition) is 4. The number of amides is 1. The number of fused-ring (bicyclic) bond motifs is 1. The third kappa shape index (κ3) is 3.52. The molecular weight excluding hydrogens is 314 g/mol. The number of likely N-dealkylation sites (tertiary alicyclic amines) is 1. The van der Waals surface area contributed by atoms with Gasteiger partial charge in [0.2, 0.25) is 0 Å². The number of benzene rings is 1. The molecule has 1 aliphatic heterocycles. The van der Waals surface area contributed by atoms with Crippen LogP contribution in [0.15, 0.2) is 24.3 Å². The van der Waals surface area contributed by atoms with E-state index in [1.165, 1.54) is 0 Å². The first-order valence-electron chi connectivity index (χ1n) is 9.31. The summed E-state index contributed by atoms with van der Waals surface area (Å²) in [6.45, 7) is 2.27. The van der Waals surface area contributed by atoms with Crippen molar-refractivity contribution < 1.29 is 9.53 Å². The zero-order valence-corrected chi connectivity index (χ0v) is 14.8. The predicted octanol–water partition coefficient (Wildman–Crippen LogP) is 3.40. The molecule has 1 amide bonds. The van der Waals surface area contributed by atoms with Gasteiger partial charge in [0.25, 0.3) is 5.91 Å². The normalized spacial score (nSPS) is 21.3. The van der Waals surface area contributed by atoms with Crippen LogP contribution in [0.3, 0.4) is 0 Å². The summed E-state index contributed by atoms with van der Waals surface area (Å²) < 4.78 is 5.33. The zero-order chi connectivity index (χ0) is 17.2. The molecule has 0 bridgehead atoms. The summed E-state index contributed by atoms with van der Waals surface area (Å²) in [7, 11) is 1.73. The van der Waals surface area contributed by atoms with Gasteiger partial charge in [0.15, 0.2) is 5.69 Å². The number of aromatic nitrogens is 2. The molecule has 5 nitrogen and oxygen atoms in total. The Kier molecular flexibility index (Phi) is 4.66. The first kappa shape index (κ1) is 16.5. The molecule has 2 heterocycles. The minimum Gasteiger partial charge on any atom is -0.384 e. The molecule has 1 aliphatic carbocycles. The Hall–Kier alpha value is -2.01. The molecule has 1 aromatic heterocycles. The maximum Gasteiger partial charge on any atom is 0.274 e. The van der Waals surface area contributed by atoms with E-state index in [1.807, 2.05) is 29.2 Å². The number of para-hydroxylation sites is 2. The predicted molar refractivity (Wildman–Crippen MR) is 96.6 cm³/mol. The van der Waals surface area contributed by atoms with Crippen molar-refractivity contribution in [2.45, 2.75) is 38.0 Å². The Bertz CT molecular complexity index is 773. The number of nitrogens with zero attached hydrogens (tertiary/aromatic N) is 3. The van der Waals surface area contributed by atoms with Gasteiger partial charge >= 0.3 is 0 Å². The molecule has 0 radical (unpaired) electrons. The fourth-order valence-electron chi connectivity index (χ4n) is 3.75. The van der Waals surface area contributed by atoms with Crippen LogP contribution in [0.5, 0.6) is 0 Å². The topological polar surface area (TPSA) is 55.3 Å². The van der Waals surface area contributed by atoms with E-state index in [-0.39, 0.29) is 5.91 Å². The highest BCUT2D eigenvalue weighted by molar-refractivity contribution is 5.95. The van der Waals surface area contributed by atoms with Crippen LogP contribution in [-0.2, 0) is 4.74 Å². The van der Waals surface area contributed by atoms with Crippen molar-refractivity contribution in [1.82, 2.24) is 14.9 Å². The van der Waals surface area contributed by atoms with Gasteiger partial charge in [0.1, 0.15) is 0 Å². The SMILES string of the molecule is COCC1CCCCN(C(=O)c2nc3ccccc3nc2C2CC2)C1. The lowest BCUT2D eigenvalue weighted by Gasteiger charge is -2.24. The Morgan fingerprint density at radius 3 is 2.64 bits per heavy atom. The minimum absolute atomic E-state index is 0.0446. The Balaban J connectivity index is 1.67. The Labute approximate surface area is 148 Å². The number of carbonyl (C=O) groups excluding carboxylic acids is 1. The maximum atomic E-state index is 13.3. The van der Waals surface area contributed by atoms with E-state index >= 15 is 0 Å². The van der Waals surface area contributed by atoms with Crippen LogP contribution in [0.1, 0.15) is 54.2 Å². The van der Waals surface area contributed by atoms with Gasteiger partial charge in [-0.15, -0.1) is 0 Å². The quantitative estimate of drug-likeness (QED) is 0.857. The van der Waals surface area contributed by atoms with Crippen LogP contribution in [0, 0.1) is 5.92 Å². The van der Waals surface area contributed by atoms with E-state index in [1.54, 1.807) is 7.11 Å². The first-order valence-corrected chi connectivity index (χ1v) is 9.31. The monoisotopic (exact) mass is 339 g/mol. The smallest absolute Gasteiger partial charge is 0.274 e. The third-order valence-corrected chi connectivity index (χ3v) is 5.22. The van der Waals surface area contributed by atoms with Gasteiger partial charge in [0.05, 0.1) is 23.3 Å². The lowest BCUT2D eigenvalue weighted by Crippen LogP contribution is -2.36. The molecule has 1 saturated heterocycles. The van der Waals surface area contributed by atoms with E-state index in [9.17, 15) is 4.79 Å². The first-order chi connectivity index (χ1) is 12.3. The second-order valence-electron chi connectivity index (χ2n) is 7.29. The van der Waals surface area contributed by atoms with Gasteiger partial charge in [-0.25, -0.2) is 9.97 Å². The molecule has 4 rings (SSSR count). The van der Waals surface area contributed by atoms with Gasteiger partial charge in [-0.2, -0.15) is 0 Å². The molecule has 1 atom stereocenters. The van der Waals surface area contributed by atoms with E-state index in [2.05, 4.69) is 0 Å². The molecule has 1 saturated carbocycles. The van der Waals surface area contributed by atoms with Crippen molar-refractivity contribution in [3.05, 3.63) is 35.7 Å². The highest BCUT2D eigenvalue weighted by Gasteiger charge is 2.33. The van der Waals surface area contributed by atoms with Crippen molar-refractivity contribution >= 4 is 16.9 Å². The number of ether oxygens (including phenoxy) is 1. The Morgan fingerprint density at radius 1 is 1.16 bits per heavy atom. The standard InChI is InChI=1S/C20H25N3O2/c1-25-13-14-6-4-5-11-23(12-14)20(24)19-18(15-9-10-15)21-16-7-2-3-8-17(16)22-19/h2-3,7-8,14-15H,4-6,9-13H2,1H3. The molecular formula is C20H25N3O2. The number of methoxy groups -OCH3 is 1. The van der Waals surface area contributed by atoms with Crippen LogP contribution in [-0.4, -0.2) is 47.6 Å². The van der Waals surface area contributed by atoms with Gasteiger partial charge in [-0.05, 0) is 43.7 Å². The number of hydrogen-bond donors (Lipinski definition) is 0. The second-order valence-corrected chi connectivity index (χ2v) is 7.29. The molecule has 5 heteroatoms. The molecule has 1 unspecified atom stereocenters. The average Bonchev–Trinajstić information content (AvgIpc) is 3.48. The van der Waals surface area contributed by atoms with Crippen molar-refractivity contribution in [3.8, 4) is 0 Å². The second kappa shape index (κ2) is 7.08. The fraction of sp³-hybridized carbons (Fsp3) is 0.550. The minimum atomic E-state index is 0.0446. The lowest BCUT2D eigenvalue weighted by atomic mass is 10.0. The third-order valence-electron chi connectivity index (χ3n) is 5.22. The van der Waals surface area contributed by atoms with E-state index < -0.39 is 0 Å². The van der Waals surface area contributed by atoms with Crippen LogP contribution in [0.2, 0.25) is 0 Å². The van der Waals surface area contributed by atoms with Gasteiger partial charge < -0.3 is 9.64 Å². The molecule has 0 N–H and O–H groups in total. The van der Waals surface area contributed by atoms with E-state index in [4.69, 9.17) is 14.7 Å². The molecule has 2 aromatic rings. The Morgan fingerprint density at radius 2 is 1.92 bits per heavy atom. The molecule has 25 heavy (non-hydrogen) atoms. The summed E-state index contributed by atoms with van der Waals surface area (Å²) in [6.07, 6.45) is 5.54. The largest absolute Gasteiger partial charge is 0.384 e. The maximum absolute atomic E-state index is 13.3. The van der Waals surface area contributed by atoms with Gasteiger partial charge in [-0.1, -0.05) is 18.6 Å². The van der Waals surface area contributed by atoms with Crippen molar-refractivity contribution in [2.24, 2.45) is 5.92 Å². The summed E-state index contributed by atoms with van der Waals surface area (Å²) in [5.41, 5.74) is 3.16. The summed E-state index contributed by atoms with van der Waals surface area (Å²) in [4.78, 5) is 24.8. The van der Waals surface area contributed by atoms with Crippen LogP contribution < -0.4 is 0 Å². The molecule has 2 fully saturated rings. The van der Waals surface area contributed by atoms with E-state index in [0.717, 1.165) is 61.9 Å². The molecule has 132 valence electrons. The molecule has 2 aliphatic rings. The fourth-order valence-corrected chi connectivity index (χ4v) is 3.75. The highest BCUT2D eigenvalue weighted by Crippen LogP contribution is 2.41. The molecule has 0 spiro atoms. The van der Waals surface area contributed by atoms with Gasteiger partial charge in [0, 0.05) is 26.1 Å². The van der Waals surface area contributed by atoms with Crippen molar-refractivity contribution in [1.29, 1.82) is 0 Å². The summed E-state index contributed by atoms with van der Waals surface area (Å²) >= 11 is 0. The zero-order valence-electron chi connectivity index (χ0n) is 14.8. The van der Waals surface area contributed by atoms with E-state index in [0.29, 0.717) is 24.1 Å². The van der Waals surface area contributed by atoms with Crippen LogP contribution >= 0.6 is 0 Å². The lowest BCUT2D eigenvalue weighted by molar-refractivity contribution is 0.0690. The van der Waals surface area contributed by atoms with Crippen molar-refractivity contribution in [3.63, 3.8) is 0 Å². The summed E-state index contributed by atoms with van der Waals surface area (Å²) in [5.74, 6) is 0.857. The molecule has 1 aromatic carbocycles. The van der Waals surface area contributed by atoms with Gasteiger partial charge in [-0.3, -0.25) is 4.79 Å². The number of carbonyl (C=O) groups is 1. The van der Waals surface area contributed by atoms with Crippen LogP contribution in [0.25, 0.3) is 11.0 Å². The van der Waals surface area contributed by atoms with Crippen molar-refractivity contribution in [2.75, 3.05) is 26.8 Å².